The van der Waals surface area contributed by atoms with Crippen LogP contribution in [-0.2, 0) is 24.5 Å². The van der Waals surface area contributed by atoms with Gasteiger partial charge in [0.15, 0.2) is 25.4 Å². The van der Waals surface area contributed by atoms with Gasteiger partial charge in [-0.3, -0.25) is 0 Å². The summed E-state index contributed by atoms with van der Waals surface area (Å²) in [5.74, 6) is 2.57. The molecule has 4 aliphatic rings. The Balaban J connectivity index is 0.000000153. The van der Waals surface area contributed by atoms with Crippen LogP contribution in [0, 0.1) is 48.7 Å². The molecule has 0 spiro atoms. The van der Waals surface area contributed by atoms with E-state index in [2.05, 4.69) is 134 Å². The van der Waals surface area contributed by atoms with Crippen LogP contribution in [0.25, 0.3) is 43.7 Å². The van der Waals surface area contributed by atoms with Crippen molar-refractivity contribution in [2.75, 3.05) is 0 Å². The lowest BCUT2D eigenvalue weighted by atomic mass is 9.82. The molecular formula is C72H60I2O6P3+. The van der Waals surface area contributed by atoms with Gasteiger partial charge >= 0.3 is 7.41 Å². The Kier molecular flexibility index (Phi) is 13.7. The molecule has 10 aromatic carbocycles. The summed E-state index contributed by atoms with van der Waals surface area (Å²) < 4.78 is 65.0. The summed E-state index contributed by atoms with van der Waals surface area (Å²) in [6, 6.07) is 61.7. The van der Waals surface area contributed by atoms with E-state index in [-0.39, 0.29) is 5.41 Å². The molecule has 0 amide bonds. The Labute approximate surface area is 513 Å². The van der Waals surface area contributed by atoms with Crippen molar-refractivity contribution in [1.82, 2.24) is 0 Å². The molecule has 0 bridgehead atoms. The molecule has 0 atom stereocenters. The summed E-state index contributed by atoms with van der Waals surface area (Å²) in [7, 11) is -8.11. The molecule has 3 heterocycles. The Morgan fingerprint density at radius 2 is 0.651 bits per heavy atom. The SMILES string of the molecule is CC1(C)c2cc(I)ccc2-c2ccc(I)cc21.Cc1ccc2c(c1)P(=O)(c1ccc3c(c1)C(C)(C)c1cc(P4(=O)c5cc(C)ccc5Oc5ccc(C)cc54)ccc1-3)c1cc(C)ccc1O2.Cc1ccc2oc3ccc(C)cc3[p+](=O)c2c1. The molecule has 0 saturated carbocycles. The highest BCUT2D eigenvalue weighted by molar-refractivity contribution is 14.1. The van der Waals surface area contributed by atoms with Crippen molar-refractivity contribution in [2.45, 2.75) is 80.1 Å². The van der Waals surface area contributed by atoms with Crippen molar-refractivity contribution in [3.05, 3.63) is 245 Å². The highest BCUT2D eigenvalue weighted by Crippen LogP contribution is 2.57. The fourth-order valence-electron chi connectivity index (χ4n) is 12.7. The van der Waals surface area contributed by atoms with E-state index in [0.29, 0.717) is 34.2 Å². The first-order valence-corrected chi connectivity index (χ1v) is 34.7. The average Bonchev–Trinajstić information content (AvgIpc) is 3.60. The van der Waals surface area contributed by atoms with Crippen molar-refractivity contribution < 1.29 is 27.6 Å². The number of ether oxygens (including phenoxy) is 2. The van der Waals surface area contributed by atoms with Gasteiger partial charge in [-0.15, -0.1) is 0 Å². The van der Waals surface area contributed by atoms with Crippen LogP contribution in [0.5, 0.6) is 23.0 Å². The lowest BCUT2D eigenvalue weighted by Crippen LogP contribution is -2.32. The van der Waals surface area contributed by atoms with Gasteiger partial charge in [0.1, 0.15) is 23.0 Å². The Hall–Kier alpha value is -6.38. The molecule has 2 aliphatic heterocycles. The molecule has 0 unspecified atom stereocenters. The smallest absolute Gasteiger partial charge is 0.423 e. The second-order valence-corrected chi connectivity index (χ2v) is 33.2. The second-order valence-electron chi connectivity index (χ2n) is 23.7. The number of halogens is 2. The Morgan fingerprint density at radius 1 is 0.361 bits per heavy atom. The quantitative estimate of drug-likeness (QED) is 0.0974. The lowest BCUT2D eigenvalue weighted by molar-refractivity contribution is 0.484. The minimum absolute atomic E-state index is 0.132. The van der Waals surface area contributed by atoms with Gasteiger partial charge in [-0.2, -0.15) is 0 Å². The molecule has 6 nitrogen and oxygen atoms in total. The number of rotatable bonds is 2. The first kappa shape index (κ1) is 55.8. The van der Waals surface area contributed by atoms with E-state index in [9.17, 15) is 4.57 Å². The van der Waals surface area contributed by atoms with Gasteiger partial charge in [0, 0.05) is 28.6 Å². The third-order valence-electron chi connectivity index (χ3n) is 17.1. The molecule has 15 rings (SSSR count). The fourth-order valence-corrected chi connectivity index (χ4v) is 21.3. The Bertz CT molecular complexity index is 4380. The minimum atomic E-state index is -3.29. The van der Waals surface area contributed by atoms with Crippen LogP contribution < -0.4 is 41.3 Å². The average molecular weight is 1370 g/mol. The molecule has 1 aromatic heterocycles. The lowest BCUT2D eigenvalue weighted by Gasteiger charge is -2.31. The molecule has 0 fully saturated rings. The van der Waals surface area contributed by atoms with Crippen molar-refractivity contribution >= 4 is 120 Å². The summed E-state index contributed by atoms with van der Waals surface area (Å²) in [5, 5.41) is 6.14. The molecule has 11 aromatic rings. The van der Waals surface area contributed by atoms with Crippen LogP contribution in [0.1, 0.15) is 83.3 Å². The number of aryl methyl sites for hydroxylation is 6. The van der Waals surface area contributed by atoms with Crippen LogP contribution in [0.3, 0.4) is 0 Å². The number of hydrogen-bond donors (Lipinski definition) is 0. The van der Waals surface area contributed by atoms with E-state index in [1.807, 2.05) is 163 Å². The van der Waals surface area contributed by atoms with Crippen molar-refractivity contribution in [3.63, 3.8) is 0 Å². The monoisotopic (exact) mass is 1370 g/mol. The summed E-state index contributed by atoms with van der Waals surface area (Å²) >= 11 is 4.79. The van der Waals surface area contributed by atoms with E-state index in [0.717, 1.165) is 97.7 Å². The molecule has 0 N–H and O–H groups in total. The number of benzene rings is 10. The van der Waals surface area contributed by atoms with Crippen LogP contribution in [0.2, 0.25) is 0 Å². The maximum atomic E-state index is 15.7. The largest absolute Gasteiger partial charge is 0.456 e. The first-order valence-electron chi connectivity index (χ1n) is 27.8. The van der Waals surface area contributed by atoms with Gasteiger partial charge in [-0.1, -0.05) is 127 Å². The summed E-state index contributed by atoms with van der Waals surface area (Å²) in [5.41, 5.74) is 17.7. The molecular weight excluding hydrogens is 1310 g/mol. The van der Waals surface area contributed by atoms with Crippen LogP contribution in [0.4, 0.5) is 0 Å². The number of fused-ring (bicyclic) bond motifs is 12. The predicted molar refractivity (Wildman–Crippen MR) is 362 cm³/mol. The summed E-state index contributed by atoms with van der Waals surface area (Å²) in [6.45, 7) is 21.2. The predicted octanol–water partition coefficient (Wildman–Crippen LogP) is 18.9. The zero-order valence-electron chi connectivity index (χ0n) is 47.9. The minimum Gasteiger partial charge on any atom is -0.456 e. The molecule has 2 aliphatic carbocycles. The van der Waals surface area contributed by atoms with E-state index in [1.54, 1.807) is 0 Å². The van der Waals surface area contributed by atoms with Crippen molar-refractivity contribution in [2.24, 2.45) is 0 Å². The maximum absolute atomic E-state index is 15.7. The maximum Gasteiger partial charge on any atom is 0.423 e. The van der Waals surface area contributed by atoms with Crippen molar-refractivity contribution in [3.8, 4) is 45.3 Å². The normalized spacial score (nSPS) is 15.2. The van der Waals surface area contributed by atoms with Gasteiger partial charge in [0.2, 0.25) is 10.2 Å². The molecule has 83 heavy (non-hydrogen) atoms. The molecule has 0 radical (unpaired) electrons. The zero-order valence-corrected chi connectivity index (χ0v) is 54.9. The number of hydrogen-bond acceptors (Lipinski definition) is 6. The van der Waals surface area contributed by atoms with Gasteiger partial charge < -0.3 is 23.0 Å². The fraction of sp³-hybridized carbons (Fsp3) is 0.167. The third-order valence-corrected chi connectivity index (χ3v) is 26.2. The third kappa shape index (κ3) is 9.15. The second kappa shape index (κ2) is 20.4. The molecule has 11 heteroatoms. The molecule has 412 valence electrons. The van der Waals surface area contributed by atoms with E-state index in [1.165, 1.54) is 29.4 Å². The first-order chi connectivity index (χ1) is 39.5. The highest BCUT2D eigenvalue weighted by Gasteiger charge is 2.45. The highest BCUT2D eigenvalue weighted by atomic mass is 127. The van der Waals surface area contributed by atoms with Crippen LogP contribution in [-0.4, -0.2) is 0 Å². The van der Waals surface area contributed by atoms with Gasteiger partial charge in [-0.25, -0.2) is 0 Å². The van der Waals surface area contributed by atoms with E-state index in [4.69, 9.17) is 13.9 Å². The van der Waals surface area contributed by atoms with Gasteiger partial charge in [0.05, 0.1) is 21.2 Å². The summed E-state index contributed by atoms with van der Waals surface area (Å²) in [6.07, 6.45) is 0. The van der Waals surface area contributed by atoms with Gasteiger partial charge in [0.25, 0.3) is 0 Å². The van der Waals surface area contributed by atoms with Crippen molar-refractivity contribution in [1.29, 1.82) is 0 Å². The van der Waals surface area contributed by atoms with Crippen LogP contribution in [0.15, 0.2) is 186 Å². The summed E-state index contributed by atoms with van der Waals surface area (Å²) in [4.78, 5) is 0. The Morgan fingerprint density at radius 3 is 0.988 bits per heavy atom. The zero-order chi connectivity index (χ0) is 58.2. The van der Waals surface area contributed by atoms with E-state index < -0.39 is 27.1 Å². The van der Waals surface area contributed by atoms with Gasteiger partial charge in [-0.05, 0) is 252 Å². The standard InChI is InChI=1S/C43H36O4P2.C15H12I2.C14H12O2P/c1-25-7-15-35-39(19-25)48(44,40-20-26(2)8-16-36(40)46-35)29-11-13-31-32-14-12-30(24-34(32)43(5,6)33(31)23-29)49(45)41-21-27(3)9-17-37(41)47-38-18-10-28(4)22-42(38)49;1-15(2)13-7-9(16)3-5-11(13)12-6-4-10(17)8-14(12)15;1-9-3-5-11-13(7-9)17(15)14-8-10(2)4-6-12(14)16-11/h7-24H,1-6H3;2*3-8H,1-2H3/q;;+1. The molecule has 0 saturated heterocycles. The topological polar surface area (TPSA) is 82.8 Å². The van der Waals surface area contributed by atoms with Crippen LogP contribution >= 0.6 is 66.9 Å². The van der Waals surface area contributed by atoms with E-state index >= 15 is 9.13 Å².